The number of hydrogen-bond acceptors (Lipinski definition) is 3. The molecule has 2 rings (SSSR count). The molecular weight excluding hydrogens is 278 g/mol. The molecule has 20 heavy (non-hydrogen) atoms. The van der Waals surface area contributed by atoms with E-state index in [2.05, 4.69) is 5.32 Å². The highest BCUT2D eigenvalue weighted by molar-refractivity contribution is 6.31. The van der Waals surface area contributed by atoms with Gasteiger partial charge in [-0.25, -0.2) is 0 Å². The lowest BCUT2D eigenvalue weighted by atomic mass is 10.1. The van der Waals surface area contributed by atoms with E-state index in [4.69, 9.17) is 23.1 Å². The highest BCUT2D eigenvalue weighted by Crippen LogP contribution is 2.19. The third-order valence-corrected chi connectivity index (χ3v) is 2.92. The van der Waals surface area contributed by atoms with Gasteiger partial charge in [0, 0.05) is 22.0 Å². The quantitative estimate of drug-likeness (QED) is 0.756. The van der Waals surface area contributed by atoms with Crippen LogP contribution in [0.15, 0.2) is 42.5 Å². The van der Waals surface area contributed by atoms with Crippen molar-refractivity contribution in [2.45, 2.75) is 0 Å². The number of nitrogens with two attached hydrogens (primary N) is 2. The van der Waals surface area contributed by atoms with Crippen molar-refractivity contribution in [3.63, 3.8) is 0 Å². The Balaban J connectivity index is 2.19. The first-order valence-corrected chi connectivity index (χ1v) is 6.11. The van der Waals surface area contributed by atoms with E-state index in [1.165, 1.54) is 18.2 Å². The Hall–Kier alpha value is -2.53. The van der Waals surface area contributed by atoms with Gasteiger partial charge in [0.15, 0.2) is 0 Å². The Morgan fingerprint density at radius 3 is 2.30 bits per heavy atom. The van der Waals surface area contributed by atoms with Crippen LogP contribution in [-0.2, 0) is 0 Å². The van der Waals surface area contributed by atoms with E-state index in [9.17, 15) is 9.59 Å². The zero-order chi connectivity index (χ0) is 14.7. The van der Waals surface area contributed by atoms with E-state index >= 15 is 0 Å². The summed E-state index contributed by atoms with van der Waals surface area (Å²) < 4.78 is 0. The van der Waals surface area contributed by atoms with Gasteiger partial charge in [-0.2, -0.15) is 0 Å². The van der Waals surface area contributed by atoms with Gasteiger partial charge in [0.25, 0.3) is 5.91 Å². The molecule has 0 atom stereocenters. The fourth-order valence-corrected chi connectivity index (χ4v) is 1.81. The number of carbonyl (C=O) groups is 2. The summed E-state index contributed by atoms with van der Waals surface area (Å²) in [5, 5.41) is 3.09. The maximum atomic E-state index is 12.1. The summed E-state index contributed by atoms with van der Waals surface area (Å²) in [4.78, 5) is 23.0. The molecule has 0 radical (unpaired) electrons. The highest BCUT2D eigenvalue weighted by Gasteiger charge is 2.11. The van der Waals surface area contributed by atoms with Gasteiger partial charge in [0.1, 0.15) is 0 Å². The Kier molecular flexibility index (Phi) is 3.91. The predicted molar refractivity (Wildman–Crippen MR) is 78.8 cm³/mol. The number of benzene rings is 2. The van der Waals surface area contributed by atoms with Crippen LogP contribution in [0, 0.1) is 0 Å². The van der Waals surface area contributed by atoms with Gasteiger partial charge in [-0.1, -0.05) is 11.6 Å². The van der Waals surface area contributed by atoms with Gasteiger partial charge in [-0.15, -0.1) is 0 Å². The molecule has 2 aromatic rings. The molecule has 0 heterocycles. The number of amides is 2. The average molecular weight is 290 g/mol. The lowest BCUT2D eigenvalue weighted by Gasteiger charge is -2.08. The summed E-state index contributed by atoms with van der Waals surface area (Å²) in [6.45, 7) is 0. The second-order valence-corrected chi connectivity index (χ2v) is 4.56. The first-order chi connectivity index (χ1) is 9.47. The number of nitrogen functional groups attached to an aromatic ring is 1. The Labute approximate surface area is 120 Å². The van der Waals surface area contributed by atoms with E-state index < -0.39 is 5.91 Å². The van der Waals surface area contributed by atoms with Crippen molar-refractivity contribution in [2.75, 3.05) is 11.1 Å². The second kappa shape index (κ2) is 5.63. The molecule has 5 nitrogen and oxygen atoms in total. The van der Waals surface area contributed by atoms with Crippen LogP contribution in [0.5, 0.6) is 0 Å². The van der Waals surface area contributed by atoms with E-state index in [0.29, 0.717) is 22.0 Å². The van der Waals surface area contributed by atoms with Gasteiger partial charge in [0.2, 0.25) is 5.91 Å². The first-order valence-electron chi connectivity index (χ1n) is 5.73. The summed E-state index contributed by atoms with van der Waals surface area (Å²) in [5.74, 6) is -0.904. The fraction of sp³-hybridized carbons (Fsp3) is 0. The minimum absolute atomic E-state index is 0.288. The zero-order valence-electron chi connectivity index (χ0n) is 10.4. The molecule has 2 amide bonds. The summed E-state index contributed by atoms with van der Waals surface area (Å²) in [6.07, 6.45) is 0. The number of anilines is 2. The fourth-order valence-electron chi connectivity index (χ4n) is 1.64. The van der Waals surface area contributed by atoms with Crippen molar-refractivity contribution in [1.82, 2.24) is 0 Å². The molecule has 0 fully saturated rings. The summed E-state index contributed by atoms with van der Waals surface area (Å²) in [5.41, 5.74) is 12.4. The van der Waals surface area contributed by atoms with E-state index in [1.54, 1.807) is 24.3 Å². The molecule has 0 aliphatic carbocycles. The summed E-state index contributed by atoms with van der Waals surface area (Å²) in [7, 11) is 0. The molecule has 0 saturated carbocycles. The molecule has 6 heteroatoms. The third kappa shape index (κ3) is 3.07. The molecule has 102 valence electrons. The zero-order valence-corrected chi connectivity index (χ0v) is 11.1. The smallest absolute Gasteiger partial charge is 0.257 e. The lowest BCUT2D eigenvalue weighted by molar-refractivity contribution is 0.0998. The minimum atomic E-state index is -0.526. The number of nitrogens with one attached hydrogen (secondary N) is 1. The average Bonchev–Trinajstić information content (AvgIpc) is 2.42. The predicted octanol–water partition coefficient (Wildman–Crippen LogP) is 2.27. The monoisotopic (exact) mass is 289 g/mol. The topological polar surface area (TPSA) is 98.2 Å². The number of primary amides is 1. The molecular formula is C14H12ClN3O2. The normalized spacial score (nSPS) is 10.1. The summed E-state index contributed by atoms with van der Waals surface area (Å²) in [6, 6.07) is 10.9. The Morgan fingerprint density at radius 2 is 1.70 bits per heavy atom. The van der Waals surface area contributed by atoms with Crippen LogP contribution >= 0.6 is 11.6 Å². The van der Waals surface area contributed by atoms with E-state index in [-0.39, 0.29) is 11.5 Å². The van der Waals surface area contributed by atoms with Crippen LogP contribution < -0.4 is 16.8 Å². The van der Waals surface area contributed by atoms with Crippen LogP contribution in [0.1, 0.15) is 20.7 Å². The van der Waals surface area contributed by atoms with Gasteiger partial charge < -0.3 is 16.8 Å². The SMILES string of the molecule is NC(=O)c1ccc(NC(=O)c2cc(Cl)ccc2N)cc1. The van der Waals surface area contributed by atoms with Crippen molar-refractivity contribution >= 4 is 34.8 Å². The molecule has 0 aliphatic rings. The standard InChI is InChI=1S/C14H12ClN3O2/c15-9-3-6-12(16)11(7-9)14(20)18-10-4-1-8(2-5-10)13(17)19/h1-7H,16H2,(H2,17,19)(H,18,20). The Morgan fingerprint density at radius 1 is 1.05 bits per heavy atom. The third-order valence-electron chi connectivity index (χ3n) is 2.69. The number of hydrogen-bond donors (Lipinski definition) is 3. The van der Waals surface area contributed by atoms with Crippen molar-refractivity contribution < 1.29 is 9.59 Å². The molecule has 0 aromatic heterocycles. The minimum Gasteiger partial charge on any atom is -0.398 e. The van der Waals surface area contributed by atoms with Gasteiger partial charge in [-0.05, 0) is 42.5 Å². The molecule has 0 unspecified atom stereocenters. The van der Waals surface area contributed by atoms with Gasteiger partial charge in [-0.3, -0.25) is 9.59 Å². The molecule has 5 N–H and O–H groups in total. The molecule has 0 saturated heterocycles. The van der Waals surface area contributed by atoms with Gasteiger partial charge >= 0.3 is 0 Å². The molecule has 0 spiro atoms. The van der Waals surface area contributed by atoms with Crippen LogP contribution in [0.3, 0.4) is 0 Å². The molecule has 0 aliphatic heterocycles. The van der Waals surface area contributed by atoms with Crippen LogP contribution in [-0.4, -0.2) is 11.8 Å². The summed E-state index contributed by atoms with van der Waals surface area (Å²) >= 11 is 5.83. The van der Waals surface area contributed by atoms with Crippen molar-refractivity contribution in [3.8, 4) is 0 Å². The largest absolute Gasteiger partial charge is 0.398 e. The molecule has 0 bridgehead atoms. The van der Waals surface area contributed by atoms with E-state index in [0.717, 1.165) is 0 Å². The van der Waals surface area contributed by atoms with Crippen LogP contribution in [0.25, 0.3) is 0 Å². The highest BCUT2D eigenvalue weighted by atomic mass is 35.5. The first kappa shape index (κ1) is 13.9. The molecule has 2 aromatic carbocycles. The maximum Gasteiger partial charge on any atom is 0.257 e. The van der Waals surface area contributed by atoms with Crippen molar-refractivity contribution in [2.24, 2.45) is 5.73 Å². The van der Waals surface area contributed by atoms with Crippen LogP contribution in [0.2, 0.25) is 5.02 Å². The Bertz CT molecular complexity index is 669. The van der Waals surface area contributed by atoms with Crippen molar-refractivity contribution in [1.29, 1.82) is 0 Å². The number of rotatable bonds is 3. The maximum absolute atomic E-state index is 12.1. The number of halogens is 1. The van der Waals surface area contributed by atoms with E-state index in [1.807, 2.05) is 0 Å². The number of carbonyl (C=O) groups excluding carboxylic acids is 2. The lowest BCUT2D eigenvalue weighted by Crippen LogP contribution is -2.14. The second-order valence-electron chi connectivity index (χ2n) is 4.13. The van der Waals surface area contributed by atoms with Gasteiger partial charge in [0.05, 0.1) is 5.56 Å². The van der Waals surface area contributed by atoms with Crippen LogP contribution in [0.4, 0.5) is 11.4 Å². The van der Waals surface area contributed by atoms with Crippen molar-refractivity contribution in [3.05, 3.63) is 58.6 Å².